The topological polar surface area (TPSA) is 52.7 Å². The molecule has 0 unspecified atom stereocenters. The minimum Gasteiger partial charge on any atom is -0.378 e. The molecule has 5 nitrogen and oxygen atoms in total. The summed E-state index contributed by atoms with van der Waals surface area (Å²) in [6, 6.07) is 23.0. The third-order valence-corrected chi connectivity index (χ3v) is 5.39. The highest BCUT2D eigenvalue weighted by Gasteiger charge is 2.25. The third-order valence-electron chi connectivity index (χ3n) is 5.39. The average molecular weight is 399 g/mol. The van der Waals surface area contributed by atoms with E-state index in [-0.39, 0.29) is 11.8 Å². The molecule has 0 saturated heterocycles. The van der Waals surface area contributed by atoms with Gasteiger partial charge in [-0.1, -0.05) is 36.4 Å². The van der Waals surface area contributed by atoms with Gasteiger partial charge in [0, 0.05) is 49.7 Å². The molecule has 0 saturated carbocycles. The SMILES string of the molecule is CN(C)c1cccc(C(=O)NCc2ccc3c(c2)N(C(=O)c2ccccc2)CC3)c1. The van der Waals surface area contributed by atoms with E-state index in [0.717, 1.165) is 28.9 Å². The number of hydrogen-bond acceptors (Lipinski definition) is 3. The van der Waals surface area contributed by atoms with Gasteiger partial charge in [-0.15, -0.1) is 0 Å². The minimum atomic E-state index is -0.114. The maximum Gasteiger partial charge on any atom is 0.258 e. The van der Waals surface area contributed by atoms with Crippen molar-refractivity contribution in [1.29, 1.82) is 0 Å². The number of carbonyl (C=O) groups is 2. The Labute approximate surface area is 176 Å². The molecule has 0 atom stereocenters. The molecule has 152 valence electrons. The molecule has 30 heavy (non-hydrogen) atoms. The highest BCUT2D eigenvalue weighted by atomic mass is 16.2. The number of amides is 2. The number of nitrogens with one attached hydrogen (secondary N) is 1. The zero-order valence-electron chi connectivity index (χ0n) is 17.3. The van der Waals surface area contributed by atoms with Crippen LogP contribution < -0.4 is 15.1 Å². The van der Waals surface area contributed by atoms with Crippen LogP contribution in [0.4, 0.5) is 11.4 Å². The van der Waals surface area contributed by atoms with Gasteiger partial charge in [-0.3, -0.25) is 9.59 Å². The van der Waals surface area contributed by atoms with Gasteiger partial charge in [0.25, 0.3) is 11.8 Å². The lowest BCUT2D eigenvalue weighted by molar-refractivity contribution is 0.0949. The van der Waals surface area contributed by atoms with Gasteiger partial charge in [-0.25, -0.2) is 0 Å². The quantitative estimate of drug-likeness (QED) is 0.708. The Hall–Kier alpha value is -3.60. The largest absolute Gasteiger partial charge is 0.378 e. The first kappa shape index (κ1) is 19.7. The second-order valence-electron chi connectivity index (χ2n) is 7.66. The first-order valence-electron chi connectivity index (χ1n) is 10.1. The monoisotopic (exact) mass is 399 g/mol. The highest BCUT2D eigenvalue weighted by Crippen LogP contribution is 2.30. The summed E-state index contributed by atoms with van der Waals surface area (Å²) in [5, 5.41) is 2.99. The van der Waals surface area contributed by atoms with E-state index in [1.807, 2.05) is 90.6 Å². The van der Waals surface area contributed by atoms with Gasteiger partial charge in [0.1, 0.15) is 0 Å². The second kappa shape index (κ2) is 8.41. The molecule has 0 fully saturated rings. The Kier molecular flexibility index (Phi) is 5.53. The maximum absolute atomic E-state index is 12.9. The zero-order valence-corrected chi connectivity index (χ0v) is 17.3. The van der Waals surface area contributed by atoms with Crippen molar-refractivity contribution >= 4 is 23.2 Å². The Morgan fingerprint density at radius 1 is 0.933 bits per heavy atom. The Bertz CT molecular complexity index is 1080. The summed E-state index contributed by atoms with van der Waals surface area (Å²) in [6.45, 7) is 1.09. The molecule has 1 aliphatic rings. The Morgan fingerprint density at radius 2 is 1.70 bits per heavy atom. The van der Waals surface area contributed by atoms with E-state index >= 15 is 0 Å². The van der Waals surface area contributed by atoms with E-state index in [1.165, 1.54) is 0 Å². The van der Waals surface area contributed by atoms with Gasteiger partial charge < -0.3 is 15.1 Å². The van der Waals surface area contributed by atoms with Gasteiger partial charge in [-0.05, 0) is 53.9 Å². The molecule has 3 aromatic rings. The predicted octanol–water partition coefficient (Wildman–Crippen LogP) is 3.89. The molecule has 3 aromatic carbocycles. The van der Waals surface area contributed by atoms with Crippen LogP contribution in [0.3, 0.4) is 0 Å². The van der Waals surface area contributed by atoms with Crippen molar-refractivity contribution < 1.29 is 9.59 Å². The first-order valence-corrected chi connectivity index (χ1v) is 10.1. The number of nitrogens with zero attached hydrogens (tertiary/aromatic N) is 2. The van der Waals surface area contributed by atoms with Crippen molar-refractivity contribution in [3.63, 3.8) is 0 Å². The molecule has 4 rings (SSSR count). The van der Waals surface area contributed by atoms with E-state index < -0.39 is 0 Å². The molecule has 2 amide bonds. The van der Waals surface area contributed by atoms with Crippen LogP contribution in [-0.2, 0) is 13.0 Å². The van der Waals surface area contributed by atoms with Crippen LogP contribution in [-0.4, -0.2) is 32.5 Å². The summed E-state index contributed by atoms with van der Waals surface area (Å²) in [7, 11) is 3.90. The number of fused-ring (bicyclic) bond motifs is 1. The molecule has 0 spiro atoms. The van der Waals surface area contributed by atoms with Gasteiger partial charge in [0.15, 0.2) is 0 Å². The fraction of sp³-hybridized carbons (Fsp3) is 0.200. The second-order valence-corrected chi connectivity index (χ2v) is 7.66. The molecule has 0 bridgehead atoms. The zero-order chi connectivity index (χ0) is 21.1. The van der Waals surface area contributed by atoms with E-state index in [2.05, 4.69) is 11.4 Å². The van der Waals surface area contributed by atoms with E-state index in [9.17, 15) is 9.59 Å². The van der Waals surface area contributed by atoms with Crippen molar-refractivity contribution in [2.75, 3.05) is 30.4 Å². The number of carbonyl (C=O) groups excluding carboxylic acids is 2. The molecule has 0 aliphatic carbocycles. The van der Waals surface area contributed by atoms with Crippen LogP contribution in [0.15, 0.2) is 72.8 Å². The first-order chi connectivity index (χ1) is 14.5. The van der Waals surface area contributed by atoms with E-state index in [4.69, 9.17) is 0 Å². The fourth-order valence-corrected chi connectivity index (χ4v) is 3.69. The van der Waals surface area contributed by atoms with E-state index in [0.29, 0.717) is 24.2 Å². The third kappa shape index (κ3) is 4.06. The molecule has 0 radical (unpaired) electrons. The van der Waals surface area contributed by atoms with Crippen molar-refractivity contribution in [1.82, 2.24) is 5.32 Å². The summed E-state index contributed by atoms with van der Waals surface area (Å²) >= 11 is 0. The van der Waals surface area contributed by atoms with Crippen LogP contribution in [0.25, 0.3) is 0 Å². The lowest BCUT2D eigenvalue weighted by Crippen LogP contribution is -2.29. The van der Waals surface area contributed by atoms with Gasteiger partial charge in [0.05, 0.1) is 0 Å². The standard InChI is InChI=1S/C25H25N3O2/c1-27(2)22-10-6-9-21(16-22)24(29)26-17-18-11-12-19-13-14-28(23(19)15-18)25(30)20-7-4-3-5-8-20/h3-12,15-16H,13-14,17H2,1-2H3,(H,26,29). The highest BCUT2D eigenvalue weighted by molar-refractivity contribution is 6.07. The van der Waals surface area contributed by atoms with Crippen LogP contribution in [0, 0.1) is 0 Å². The maximum atomic E-state index is 12.9. The lowest BCUT2D eigenvalue weighted by Gasteiger charge is -2.18. The normalized spacial score (nSPS) is 12.4. The average Bonchev–Trinajstić information content (AvgIpc) is 3.21. The van der Waals surface area contributed by atoms with Gasteiger partial charge in [0.2, 0.25) is 0 Å². The van der Waals surface area contributed by atoms with Crippen molar-refractivity contribution in [3.05, 3.63) is 95.1 Å². The summed E-state index contributed by atoms with van der Waals surface area (Å²) in [5.41, 5.74) is 5.36. The summed E-state index contributed by atoms with van der Waals surface area (Å²) in [4.78, 5) is 29.3. The Morgan fingerprint density at radius 3 is 2.47 bits per heavy atom. The summed E-state index contributed by atoms with van der Waals surface area (Å²) < 4.78 is 0. The van der Waals surface area contributed by atoms with Gasteiger partial charge >= 0.3 is 0 Å². The lowest BCUT2D eigenvalue weighted by atomic mass is 10.1. The van der Waals surface area contributed by atoms with Crippen molar-refractivity contribution in [2.24, 2.45) is 0 Å². The van der Waals surface area contributed by atoms with Crippen LogP contribution in [0.1, 0.15) is 31.8 Å². The number of hydrogen-bond donors (Lipinski definition) is 1. The molecule has 1 aliphatic heterocycles. The van der Waals surface area contributed by atoms with Crippen LogP contribution in [0.2, 0.25) is 0 Å². The molecule has 0 aromatic heterocycles. The molecule has 1 heterocycles. The number of anilines is 2. The molecule has 5 heteroatoms. The summed E-state index contributed by atoms with van der Waals surface area (Å²) in [6.07, 6.45) is 0.845. The predicted molar refractivity (Wildman–Crippen MR) is 120 cm³/mol. The van der Waals surface area contributed by atoms with Crippen molar-refractivity contribution in [3.8, 4) is 0 Å². The molecule has 1 N–H and O–H groups in total. The van der Waals surface area contributed by atoms with Crippen LogP contribution in [0.5, 0.6) is 0 Å². The van der Waals surface area contributed by atoms with Gasteiger partial charge in [-0.2, -0.15) is 0 Å². The summed E-state index contributed by atoms with van der Waals surface area (Å²) in [5.74, 6) is -0.104. The number of rotatable bonds is 5. The Balaban J connectivity index is 1.47. The van der Waals surface area contributed by atoms with Crippen LogP contribution >= 0.6 is 0 Å². The molecular formula is C25H25N3O2. The molecular weight excluding hydrogens is 374 g/mol. The smallest absolute Gasteiger partial charge is 0.258 e. The number of benzene rings is 3. The minimum absolute atomic E-state index is 0.0102. The van der Waals surface area contributed by atoms with E-state index in [1.54, 1.807) is 0 Å². The fourth-order valence-electron chi connectivity index (χ4n) is 3.69. The van der Waals surface area contributed by atoms with Crippen molar-refractivity contribution in [2.45, 2.75) is 13.0 Å².